The van der Waals surface area contributed by atoms with E-state index in [1.54, 1.807) is 24.3 Å². The highest BCUT2D eigenvalue weighted by Gasteiger charge is 2.35. The van der Waals surface area contributed by atoms with Crippen LogP contribution in [0.15, 0.2) is 24.3 Å². The van der Waals surface area contributed by atoms with E-state index in [4.69, 9.17) is 39.5 Å². The van der Waals surface area contributed by atoms with Crippen molar-refractivity contribution in [3.05, 3.63) is 49.9 Å². The van der Waals surface area contributed by atoms with Crippen molar-refractivity contribution in [2.75, 3.05) is 20.3 Å². The number of halogens is 3. The molecule has 1 fully saturated rings. The second-order valence-corrected chi connectivity index (χ2v) is 9.60. The maximum absolute atomic E-state index is 13.5. The molecule has 0 spiro atoms. The van der Waals surface area contributed by atoms with E-state index in [-0.39, 0.29) is 40.2 Å². The van der Waals surface area contributed by atoms with Gasteiger partial charge in [0.05, 0.1) is 6.61 Å². The van der Waals surface area contributed by atoms with Crippen molar-refractivity contribution in [2.45, 2.75) is 44.2 Å². The highest BCUT2D eigenvalue weighted by molar-refractivity contribution is 7.11. The molecule has 1 N–H and O–H groups in total. The molecule has 1 aliphatic carbocycles. The Morgan fingerprint density at radius 3 is 2.45 bits per heavy atom. The van der Waals surface area contributed by atoms with Crippen molar-refractivity contribution >= 4 is 58.1 Å². The van der Waals surface area contributed by atoms with Gasteiger partial charge in [-0.05, 0) is 42.1 Å². The standard InChI is InChI=1S/C21H24Cl3N3O3S/c1-30-12-11-27(21(29)17-16(23)19(24)31-26-17)18(13-7-9-14(22)10-8-13)20(28)25-15-5-3-2-4-6-15/h7-10,15,18H,2-6,11-12H2,1H3,(H,25,28). The van der Waals surface area contributed by atoms with Gasteiger partial charge in [0.1, 0.15) is 15.4 Å². The van der Waals surface area contributed by atoms with Crippen LogP contribution in [-0.2, 0) is 9.53 Å². The zero-order valence-electron chi connectivity index (χ0n) is 17.1. The number of amides is 2. The molecule has 6 nitrogen and oxygen atoms in total. The van der Waals surface area contributed by atoms with Crippen LogP contribution in [0, 0.1) is 0 Å². The van der Waals surface area contributed by atoms with E-state index in [2.05, 4.69) is 9.69 Å². The van der Waals surface area contributed by atoms with Gasteiger partial charge in [0.25, 0.3) is 5.91 Å². The fourth-order valence-corrected chi connectivity index (χ4v) is 4.82. The lowest BCUT2D eigenvalue weighted by Gasteiger charge is -2.33. The Balaban J connectivity index is 1.97. The monoisotopic (exact) mass is 503 g/mol. The number of aromatic nitrogens is 1. The zero-order chi connectivity index (χ0) is 22.4. The highest BCUT2D eigenvalue weighted by Crippen LogP contribution is 2.33. The third kappa shape index (κ3) is 6.11. The van der Waals surface area contributed by atoms with Gasteiger partial charge in [0.2, 0.25) is 5.91 Å². The maximum Gasteiger partial charge on any atom is 0.276 e. The Morgan fingerprint density at radius 1 is 1.19 bits per heavy atom. The number of hydrogen-bond donors (Lipinski definition) is 1. The normalized spacial score (nSPS) is 15.5. The molecule has 1 aromatic carbocycles. The SMILES string of the molecule is COCCN(C(=O)c1nsc(Cl)c1Cl)C(C(=O)NC1CCCCC1)c1ccc(Cl)cc1. The van der Waals surface area contributed by atoms with Gasteiger partial charge in [-0.15, -0.1) is 0 Å². The first-order valence-electron chi connectivity index (χ1n) is 10.1. The molecule has 1 saturated carbocycles. The predicted molar refractivity (Wildman–Crippen MR) is 124 cm³/mol. The maximum atomic E-state index is 13.5. The summed E-state index contributed by atoms with van der Waals surface area (Å²) in [6.45, 7) is 0.411. The highest BCUT2D eigenvalue weighted by atomic mass is 35.5. The summed E-state index contributed by atoms with van der Waals surface area (Å²) in [4.78, 5) is 28.3. The van der Waals surface area contributed by atoms with Crippen LogP contribution >= 0.6 is 46.3 Å². The smallest absolute Gasteiger partial charge is 0.276 e. The molecule has 1 unspecified atom stereocenters. The van der Waals surface area contributed by atoms with Crippen molar-refractivity contribution in [2.24, 2.45) is 0 Å². The van der Waals surface area contributed by atoms with E-state index in [0.29, 0.717) is 10.6 Å². The lowest BCUT2D eigenvalue weighted by atomic mass is 9.94. The summed E-state index contributed by atoms with van der Waals surface area (Å²) in [5.41, 5.74) is 0.664. The van der Waals surface area contributed by atoms with Crippen LogP contribution in [0.1, 0.15) is 54.2 Å². The van der Waals surface area contributed by atoms with Crippen LogP contribution < -0.4 is 5.32 Å². The van der Waals surface area contributed by atoms with Crippen LogP contribution in [-0.4, -0.2) is 47.4 Å². The third-order valence-corrected chi connectivity index (χ3v) is 7.16. The number of rotatable bonds is 8. The Morgan fingerprint density at radius 2 is 1.87 bits per heavy atom. The topological polar surface area (TPSA) is 71.5 Å². The number of carbonyl (C=O) groups is 2. The van der Waals surface area contributed by atoms with Crippen molar-refractivity contribution < 1.29 is 14.3 Å². The molecule has 1 aromatic heterocycles. The fraction of sp³-hybridized carbons (Fsp3) is 0.476. The molecule has 10 heteroatoms. The summed E-state index contributed by atoms with van der Waals surface area (Å²) in [5, 5.41) is 3.76. The minimum atomic E-state index is -0.890. The lowest BCUT2D eigenvalue weighted by molar-refractivity contribution is -0.127. The van der Waals surface area contributed by atoms with E-state index in [0.717, 1.165) is 37.2 Å². The first-order chi connectivity index (χ1) is 14.9. The van der Waals surface area contributed by atoms with E-state index in [1.807, 2.05) is 0 Å². The molecule has 1 heterocycles. The fourth-order valence-electron chi connectivity index (χ4n) is 3.71. The summed E-state index contributed by atoms with van der Waals surface area (Å²) >= 11 is 19.2. The molecule has 0 radical (unpaired) electrons. The van der Waals surface area contributed by atoms with Crippen LogP contribution in [0.2, 0.25) is 14.4 Å². The van der Waals surface area contributed by atoms with Crippen LogP contribution in [0.4, 0.5) is 0 Å². The average molecular weight is 505 g/mol. The second-order valence-electron chi connectivity index (χ2n) is 7.41. The Bertz CT molecular complexity index is 901. The lowest BCUT2D eigenvalue weighted by Crippen LogP contribution is -2.48. The van der Waals surface area contributed by atoms with Crippen molar-refractivity contribution in [1.82, 2.24) is 14.6 Å². The summed E-state index contributed by atoms with van der Waals surface area (Å²) in [6, 6.07) is 6.09. The molecule has 0 aliphatic heterocycles. The third-order valence-electron chi connectivity index (χ3n) is 5.29. The number of methoxy groups -OCH3 is 1. The summed E-state index contributed by atoms with van der Waals surface area (Å²) in [6.07, 6.45) is 5.19. The zero-order valence-corrected chi connectivity index (χ0v) is 20.2. The average Bonchev–Trinajstić information content (AvgIpc) is 3.10. The second kappa shape index (κ2) is 11.5. The molecular weight excluding hydrogens is 481 g/mol. The first-order valence-corrected chi connectivity index (χ1v) is 12.0. The van der Waals surface area contributed by atoms with Crippen LogP contribution in [0.3, 0.4) is 0 Å². The molecule has 3 rings (SSSR count). The summed E-state index contributed by atoms with van der Waals surface area (Å²) < 4.78 is 9.54. The van der Waals surface area contributed by atoms with E-state index < -0.39 is 11.9 Å². The number of carbonyl (C=O) groups excluding carboxylic acids is 2. The van der Waals surface area contributed by atoms with Crippen LogP contribution in [0.25, 0.3) is 0 Å². The molecular formula is C21H24Cl3N3O3S. The van der Waals surface area contributed by atoms with Gasteiger partial charge in [-0.1, -0.05) is 66.2 Å². The largest absolute Gasteiger partial charge is 0.383 e. The molecule has 2 aromatic rings. The Kier molecular flexibility index (Phi) is 8.98. The molecule has 0 saturated heterocycles. The quantitative estimate of drug-likeness (QED) is 0.524. The van der Waals surface area contributed by atoms with Gasteiger partial charge >= 0.3 is 0 Å². The summed E-state index contributed by atoms with van der Waals surface area (Å²) in [7, 11) is 1.54. The van der Waals surface area contributed by atoms with E-state index in [1.165, 1.54) is 18.4 Å². The molecule has 0 bridgehead atoms. The number of nitrogens with zero attached hydrogens (tertiary/aromatic N) is 2. The van der Waals surface area contributed by atoms with Gasteiger partial charge in [-0.3, -0.25) is 9.59 Å². The minimum Gasteiger partial charge on any atom is -0.383 e. The first kappa shape index (κ1) is 24.3. The molecule has 1 aliphatic rings. The Labute approximate surface area is 201 Å². The van der Waals surface area contributed by atoms with Gasteiger partial charge in [-0.2, -0.15) is 4.37 Å². The number of benzene rings is 1. The summed E-state index contributed by atoms with van der Waals surface area (Å²) in [5.74, 6) is -0.736. The molecule has 2 amide bonds. The van der Waals surface area contributed by atoms with E-state index >= 15 is 0 Å². The number of nitrogens with one attached hydrogen (secondary N) is 1. The van der Waals surface area contributed by atoms with Crippen molar-refractivity contribution in [3.8, 4) is 0 Å². The van der Waals surface area contributed by atoms with Gasteiger partial charge in [0, 0.05) is 24.7 Å². The van der Waals surface area contributed by atoms with Gasteiger partial charge in [-0.25, -0.2) is 0 Å². The van der Waals surface area contributed by atoms with Gasteiger partial charge in [0.15, 0.2) is 5.69 Å². The van der Waals surface area contributed by atoms with Gasteiger partial charge < -0.3 is 15.0 Å². The number of hydrogen-bond acceptors (Lipinski definition) is 5. The minimum absolute atomic E-state index is 0.0252. The van der Waals surface area contributed by atoms with E-state index in [9.17, 15) is 9.59 Å². The predicted octanol–water partition coefficient (Wildman–Crippen LogP) is 5.38. The van der Waals surface area contributed by atoms with Crippen molar-refractivity contribution in [3.63, 3.8) is 0 Å². The van der Waals surface area contributed by atoms with Crippen molar-refractivity contribution in [1.29, 1.82) is 0 Å². The van der Waals surface area contributed by atoms with Crippen LogP contribution in [0.5, 0.6) is 0 Å². The Hall–Kier alpha value is -1.38. The molecule has 168 valence electrons. The molecule has 1 atom stereocenters. The number of ether oxygens (including phenoxy) is 1. The molecule has 31 heavy (non-hydrogen) atoms.